The number of nitrogens with one attached hydrogen (secondary N) is 1. The molecule has 7 heteroatoms. The summed E-state index contributed by atoms with van der Waals surface area (Å²) in [6.45, 7) is 1.89. The van der Waals surface area contributed by atoms with E-state index in [-0.39, 0.29) is 28.4 Å². The van der Waals surface area contributed by atoms with Gasteiger partial charge in [-0.25, -0.2) is 0 Å². The summed E-state index contributed by atoms with van der Waals surface area (Å²) < 4.78 is 16.1. The molecule has 29 heavy (non-hydrogen) atoms. The number of methoxy groups -OCH3 is 2. The molecule has 1 N–H and O–H groups in total. The second-order valence-electron chi connectivity index (χ2n) is 7.08. The number of fused-ring (bicyclic) bond motifs is 1. The second-order valence-corrected chi connectivity index (χ2v) is 7.08. The molecule has 3 aliphatic rings. The zero-order valence-corrected chi connectivity index (χ0v) is 16.2. The average molecular weight is 395 g/mol. The van der Waals surface area contributed by atoms with Gasteiger partial charge in [0.1, 0.15) is 5.75 Å². The van der Waals surface area contributed by atoms with Crippen LogP contribution in [0.2, 0.25) is 0 Å². The fourth-order valence-corrected chi connectivity index (χ4v) is 3.80. The molecule has 0 aromatic heterocycles. The van der Waals surface area contributed by atoms with Crippen molar-refractivity contribution in [2.24, 2.45) is 0 Å². The largest absolute Gasteiger partial charge is 0.492 e. The van der Waals surface area contributed by atoms with Crippen molar-refractivity contribution in [1.82, 2.24) is 5.32 Å². The van der Waals surface area contributed by atoms with Gasteiger partial charge in [-0.2, -0.15) is 0 Å². The van der Waals surface area contributed by atoms with Crippen LogP contribution in [-0.4, -0.2) is 44.7 Å². The molecule has 1 aromatic rings. The molecule has 7 nitrogen and oxygen atoms in total. The minimum absolute atomic E-state index is 0.00459. The molecule has 2 aliphatic heterocycles. The molecular formula is C22H21NO6. The van der Waals surface area contributed by atoms with E-state index in [4.69, 9.17) is 14.2 Å². The van der Waals surface area contributed by atoms with Crippen LogP contribution in [-0.2, 0) is 19.1 Å². The summed E-state index contributed by atoms with van der Waals surface area (Å²) >= 11 is 0. The van der Waals surface area contributed by atoms with E-state index < -0.39 is 17.3 Å². The van der Waals surface area contributed by atoms with Gasteiger partial charge in [-0.15, -0.1) is 0 Å². The van der Waals surface area contributed by atoms with Crippen LogP contribution >= 0.6 is 0 Å². The third-order valence-electron chi connectivity index (χ3n) is 5.41. The maximum Gasteiger partial charge on any atom is 0.269 e. The molecule has 1 fully saturated rings. The van der Waals surface area contributed by atoms with Gasteiger partial charge in [-0.3, -0.25) is 14.4 Å². The van der Waals surface area contributed by atoms with Crippen LogP contribution in [0.3, 0.4) is 0 Å². The maximum absolute atomic E-state index is 12.7. The number of Topliss-reactive ketones (excluding diaryl/α,β-unsaturated/α-hetero) is 3. The van der Waals surface area contributed by atoms with Crippen molar-refractivity contribution < 1.29 is 28.6 Å². The van der Waals surface area contributed by atoms with E-state index in [0.717, 1.165) is 31.5 Å². The lowest BCUT2D eigenvalue weighted by molar-refractivity contribution is -0.118. The van der Waals surface area contributed by atoms with Crippen molar-refractivity contribution >= 4 is 17.3 Å². The van der Waals surface area contributed by atoms with E-state index >= 15 is 0 Å². The molecule has 0 bridgehead atoms. The molecule has 0 atom stereocenters. The molecule has 0 saturated carbocycles. The Labute approximate surface area is 168 Å². The molecule has 0 radical (unpaired) electrons. The number of piperidine rings is 1. The predicted octanol–water partition coefficient (Wildman–Crippen LogP) is 2.20. The second kappa shape index (κ2) is 7.67. The van der Waals surface area contributed by atoms with Crippen molar-refractivity contribution in [3.8, 4) is 5.75 Å². The minimum atomic E-state index is -0.769. The zero-order valence-electron chi connectivity index (χ0n) is 16.2. The third-order valence-corrected chi connectivity index (χ3v) is 5.41. The highest BCUT2D eigenvalue weighted by molar-refractivity contribution is 6.50. The van der Waals surface area contributed by atoms with E-state index in [1.807, 2.05) is 12.1 Å². The number of benzene rings is 1. The molecule has 0 amide bonds. The van der Waals surface area contributed by atoms with Gasteiger partial charge in [0.25, 0.3) is 11.6 Å². The first-order chi connectivity index (χ1) is 14.0. The van der Waals surface area contributed by atoms with Crippen molar-refractivity contribution in [2.45, 2.75) is 18.8 Å². The van der Waals surface area contributed by atoms with Gasteiger partial charge < -0.3 is 19.5 Å². The Balaban J connectivity index is 1.77. The number of ether oxygens (including phenoxy) is 3. The molecule has 1 aromatic carbocycles. The normalized spacial score (nSPS) is 20.0. The lowest BCUT2D eigenvalue weighted by atomic mass is 9.88. The first kappa shape index (κ1) is 19.1. The quantitative estimate of drug-likeness (QED) is 0.620. The van der Waals surface area contributed by atoms with Crippen molar-refractivity contribution in [3.05, 3.63) is 64.3 Å². The molecule has 0 unspecified atom stereocenters. The van der Waals surface area contributed by atoms with E-state index in [9.17, 15) is 14.4 Å². The summed E-state index contributed by atoms with van der Waals surface area (Å²) in [6.07, 6.45) is 4.77. The van der Waals surface area contributed by atoms with E-state index in [1.54, 1.807) is 6.07 Å². The van der Waals surface area contributed by atoms with Gasteiger partial charge >= 0.3 is 0 Å². The summed E-state index contributed by atoms with van der Waals surface area (Å²) in [7, 11) is 2.69. The lowest BCUT2D eigenvalue weighted by Gasteiger charge is -2.25. The lowest BCUT2D eigenvalue weighted by Crippen LogP contribution is -2.29. The highest BCUT2D eigenvalue weighted by Crippen LogP contribution is 2.35. The Kier molecular flexibility index (Phi) is 5.07. The number of hydrogen-bond donors (Lipinski definition) is 1. The Morgan fingerprint density at radius 1 is 0.931 bits per heavy atom. The van der Waals surface area contributed by atoms with Crippen LogP contribution in [0.15, 0.2) is 53.2 Å². The maximum atomic E-state index is 12.7. The number of rotatable bonds is 3. The van der Waals surface area contributed by atoms with Crippen LogP contribution in [0.5, 0.6) is 5.75 Å². The molecule has 150 valence electrons. The first-order valence-electron chi connectivity index (χ1n) is 9.45. The molecule has 1 saturated heterocycles. The molecule has 4 rings (SSSR count). The smallest absolute Gasteiger partial charge is 0.269 e. The van der Waals surface area contributed by atoms with Crippen LogP contribution in [0, 0.1) is 0 Å². The molecule has 2 heterocycles. The van der Waals surface area contributed by atoms with Gasteiger partial charge in [0, 0.05) is 5.57 Å². The Hall–Kier alpha value is -3.19. The Morgan fingerprint density at radius 3 is 2.21 bits per heavy atom. The van der Waals surface area contributed by atoms with Crippen molar-refractivity contribution in [3.63, 3.8) is 0 Å². The van der Waals surface area contributed by atoms with Crippen LogP contribution < -0.4 is 10.1 Å². The van der Waals surface area contributed by atoms with Crippen LogP contribution in [0.1, 0.15) is 34.7 Å². The average Bonchev–Trinajstić information content (AvgIpc) is 2.76. The van der Waals surface area contributed by atoms with Crippen LogP contribution in [0.25, 0.3) is 0 Å². The predicted molar refractivity (Wildman–Crippen MR) is 103 cm³/mol. The van der Waals surface area contributed by atoms with E-state index in [0.29, 0.717) is 11.7 Å². The number of hydrogen-bond acceptors (Lipinski definition) is 7. The minimum Gasteiger partial charge on any atom is -0.492 e. The summed E-state index contributed by atoms with van der Waals surface area (Å²) in [5.74, 6) is -1.25. The summed E-state index contributed by atoms with van der Waals surface area (Å²) in [6, 6.07) is 5.39. The number of carbonyl (C=O) groups is 3. The van der Waals surface area contributed by atoms with E-state index in [2.05, 4.69) is 5.32 Å². The third kappa shape index (κ3) is 3.38. The summed E-state index contributed by atoms with van der Waals surface area (Å²) in [5.41, 5.74) is 1.59. The van der Waals surface area contributed by atoms with Crippen molar-refractivity contribution in [1.29, 1.82) is 0 Å². The van der Waals surface area contributed by atoms with E-state index in [1.165, 1.54) is 26.4 Å². The standard InChI is InChI=1S/C22H21NO6/c1-27-17-10-14(11-18(28-2)20(17)25)22-21(26)19(24)15-4-3-13(9-16(15)29-22)12-5-7-23-8-6-12/h3-4,9-12,23H,5-8H2,1-2H3. The van der Waals surface area contributed by atoms with Gasteiger partial charge in [0.05, 0.1) is 19.8 Å². The summed E-state index contributed by atoms with van der Waals surface area (Å²) in [5, 5.41) is 3.33. The Morgan fingerprint density at radius 2 is 1.59 bits per heavy atom. The van der Waals surface area contributed by atoms with Crippen LogP contribution in [0.4, 0.5) is 0 Å². The highest BCUT2D eigenvalue weighted by Gasteiger charge is 2.35. The topological polar surface area (TPSA) is 90.9 Å². The van der Waals surface area contributed by atoms with Gasteiger partial charge in [-0.05, 0) is 61.7 Å². The number of allylic oxidation sites excluding steroid dienone is 4. The number of ketones is 3. The zero-order chi connectivity index (χ0) is 20.5. The fourth-order valence-electron chi connectivity index (χ4n) is 3.80. The first-order valence-corrected chi connectivity index (χ1v) is 9.45. The number of carbonyl (C=O) groups excluding carboxylic acids is 3. The fraction of sp³-hybridized carbons (Fsp3) is 0.318. The Bertz CT molecular complexity index is 969. The van der Waals surface area contributed by atoms with Gasteiger partial charge in [-0.1, -0.05) is 6.07 Å². The SMILES string of the molecule is COC1=CC(=C2Oc3cc(C4CCNCC4)ccc3C(=O)C2=O)C=C(OC)C1=O. The highest BCUT2D eigenvalue weighted by atomic mass is 16.5. The van der Waals surface area contributed by atoms with Crippen molar-refractivity contribution in [2.75, 3.05) is 27.3 Å². The summed E-state index contributed by atoms with van der Waals surface area (Å²) in [4.78, 5) is 37.5. The molecular weight excluding hydrogens is 374 g/mol. The molecule has 1 aliphatic carbocycles. The van der Waals surface area contributed by atoms with Gasteiger partial charge in [0.2, 0.25) is 5.78 Å². The monoisotopic (exact) mass is 395 g/mol. The van der Waals surface area contributed by atoms with Gasteiger partial charge in [0.15, 0.2) is 17.3 Å². The molecule has 0 spiro atoms.